The molecule has 92 valence electrons. The number of nitrogens with one attached hydrogen (secondary N) is 1. The zero-order valence-corrected chi connectivity index (χ0v) is 11.2. The molecule has 0 fully saturated rings. The molecule has 0 saturated carbocycles. The van der Waals surface area contributed by atoms with E-state index in [1.165, 1.54) is 6.20 Å². The Bertz CT molecular complexity index is 446. The SMILES string of the molecule is CC(C)(CNC(=O)c1ncccc1Br)C(N)=O. The number of amides is 2. The second-order valence-corrected chi connectivity index (χ2v) is 5.12. The number of pyridine rings is 1. The van der Waals surface area contributed by atoms with Gasteiger partial charge in [-0.25, -0.2) is 4.98 Å². The Labute approximate surface area is 108 Å². The van der Waals surface area contributed by atoms with Gasteiger partial charge in [0.1, 0.15) is 5.69 Å². The number of carbonyl (C=O) groups excluding carboxylic acids is 2. The van der Waals surface area contributed by atoms with Crippen molar-refractivity contribution in [2.24, 2.45) is 11.1 Å². The van der Waals surface area contributed by atoms with Gasteiger partial charge in [-0.2, -0.15) is 0 Å². The molecule has 3 N–H and O–H groups in total. The summed E-state index contributed by atoms with van der Waals surface area (Å²) in [7, 11) is 0. The lowest BCUT2D eigenvalue weighted by Gasteiger charge is -2.20. The van der Waals surface area contributed by atoms with Gasteiger partial charge in [0.15, 0.2) is 0 Å². The molecule has 0 saturated heterocycles. The van der Waals surface area contributed by atoms with Gasteiger partial charge in [0.25, 0.3) is 5.91 Å². The maximum atomic E-state index is 11.8. The zero-order chi connectivity index (χ0) is 13.1. The Morgan fingerprint density at radius 2 is 2.18 bits per heavy atom. The molecule has 0 unspecified atom stereocenters. The molecule has 0 atom stereocenters. The highest BCUT2D eigenvalue weighted by Crippen LogP contribution is 2.15. The van der Waals surface area contributed by atoms with E-state index in [4.69, 9.17) is 5.73 Å². The fraction of sp³-hybridized carbons (Fsp3) is 0.364. The summed E-state index contributed by atoms with van der Waals surface area (Å²) in [6, 6.07) is 3.44. The summed E-state index contributed by atoms with van der Waals surface area (Å²) in [6.45, 7) is 3.51. The van der Waals surface area contributed by atoms with E-state index in [1.54, 1.807) is 26.0 Å². The maximum absolute atomic E-state index is 11.8. The van der Waals surface area contributed by atoms with Crippen molar-refractivity contribution in [1.82, 2.24) is 10.3 Å². The Morgan fingerprint density at radius 1 is 1.53 bits per heavy atom. The van der Waals surface area contributed by atoms with Gasteiger partial charge in [0.05, 0.1) is 5.41 Å². The molecule has 1 heterocycles. The predicted molar refractivity (Wildman–Crippen MR) is 67.2 cm³/mol. The fourth-order valence-corrected chi connectivity index (χ4v) is 1.46. The largest absolute Gasteiger partial charge is 0.369 e. The Balaban J connectivity index is 2.69. The molecule has 5 nitrogen and oxygen atoms in total. The number of hydrogen-bond donors (Lipinski definition) is 2. The fourth-order valence-electron chi connectivity index (χ4n) is 1.02. The van der Waals surface area contributed by atoms with E-state index in [0.717, 1.165) is 0 Å². The minimum absolute atomic E-state index is 0.171. The molecule has 0 bridgehead atoms. The highest BCUT2D eigenvalue weighted by atomic mass is 79.9. The number of aromatic nitrogens is 1. The first-order chi connectivity index (χ1) is 7.84. The van der Waals surface area contributed by atoms with Crippen LogP contribution in [0.15, 0.2) is 22.8 Å². The van der Waals surface area contributed by atoms with E-state index in [9.17, 15) is 9.59 Å². The third kappa shape index (κ3) is 3.52. The first-order valence-electron chi connectivity index (χ1n) is 5.03. The molecule has 2 amide bonds. The van der Waals surface area contributed by atoms with Gasteiger partial charge in [-0.3, -0.25) is 9.59 Å². The summed E-state index contributed by atoms with van der Waals surface area (Å²) in [4.78, 5) is 26.8. The highest BCUT2D eigenvalue weighted by Gasteiger charge is 2.26. The monoisotopic (exact) mass is 299 g/mol. The summed E-state index contributed by atoms with van der Waals surface area (Å²) in [5, 5.41) is 2.63. The molecule has 0 aliphatic rings. The number of carbonyl (C=O) groups is 2. The number of rotatable bonds is 4. The first-order valence-corrected chi connectivity index (χ1v) is 5.82. The lowest BCUT2D eigenvalue weighted by molar-refractivity contribution is -0.125. The highest BCUT2D eigenvalue weighted by molar-refractivity contribution is 9.10. The van der Waals surface area contributed by atoms with E-state index in [-0.39, 0.29) is 18.1 Å². The predicted octanol–water partition coefficient (Wildman–Crippen LogP) is 1.09. The summed E-state index contributed by atoms with van der Waals surface area (Å²) >= 11 is 3.23. The van der Waals surface area contributed by atoms with Crippen LogP contribution in [0.3, 0.4) is 0 Å². The summed E-state index contributed by atoms with van der Waals surface area (Å²) in [6.07, 6.45) is 1.53. The van der Waals surface area contributed by atoms with Crippen LogP contribution >= 0.6 is 15.9 Å². The third-order valence-corrected chi connectivity index (χ3v) is 2.97. The smallest absolute Gasteiger partial charge is 0.271 e. The summed E-state index contributed by atoms with van der Waals surface area (Å²) in [5.41, 5.74) is 4.71. The van der Waals surface area contributed by atoms with Gasteiger partial charge in [0, 0.05) is 17.2 Å². The summed E-state index contributed by atoms with van der Waals surface area (Å²) in [5.74, 6) is -0.801. The van der Waals surface area contributed by atoms with Crippen LogP contribution < -0.4 is 11.1 Å². The van der Waals surface area contributed by atoms with Crippen LogP contribution in [0.2, 0.25) is 0 Å². The van der Waals surface area contributed by atoms with Gasteiger partial charge in [-0.15, -0.1) is 0 Å². The maximum Gasteiger partial charge on any atom is 0.271 e. The van der Waals surface area contributed by atoms with E-state index in [0.29, 0.717) is 4.47 Å². The van der Waals surface area contributed by atoms with Crippen LogP contribution in [-0.4, -0.2) is 23.3 Å². The van der Waals surface area contributed by atoms with Crippen molar-refractivity contribution in [3.05, 3.63) is 28.5 Å². The van der Waals surface area contributed by atoms with E-state index >= 15 is 0 Å². The lowest BCUT2D eigenvalue weighted by Crippen LogP contribution is -2.42. The number of nitrogens with two attached hydrogens (primary N) is 1. The molecular weight excluding hydrogens is 286 g/mol. The molecule has 17 heavy (non-hydrogen) atoms. The van der Waals surface area contributed by atoms with Crippen LogP contribution in [0.5, 0.6) is 0 Å². The van der Waals surface area contributed by atoms with E-state index in [2.05, 4.69) is 26.2 Å². The molecule has 6 heteroatoms. The van der Waals surface area contributed by atoms with Gasteiger partial charge in [0.2, 0.25) is 5.91 Å². The first kappa shape index (κ1) is 13.6. The van der Waals surface area contributed by atoms with Gasteiger partial charge in [-0.05, 0) is 41.9 Å². The Morgan fingerprint density at radius 3 is 2.71 bits per heavy atom. The van der Waals surface area contributed by atoms with Crippen LogP contribution in [0.4, 0.5) is 0 Å². The number of nitrogens with zero attached hydrogens (tertiary/aromatic N) is 1. The molecule has 1 rings (SSSR count). The third-order valence-electron chi connectivity index (χ3n) is 2.33. The van der Waals surface area contributed by atoms with Crippen LogP contribution in [-0.2, 0) is 4.79 Å². The number of hydrogen-bond acceptors (Lipinski definition) is 3. The molecule has 0 spiro atoms. The summed E-state index contributed by atoms with van der Waals surface area (Å²) < 4.78 is 0.606. The van der Waals surface area contributed by atoms with Crippen molar-refractivity contribution in [3.8, 4) is 0 Å². The second-order valence-electron chi connectivity index (χ2n) is 4.26. The average Bonchev–Trinajstić information content (AvgIpc) is 2.26. The van der Waals surface area contributed by atoms with Crippen molar-refractivity contribution < 1.29 is 9.59 Å². The normalized spacial score (nSPS) is 11.0. The van der Waals surface area contributed by atoms with E-state index in [1.807, 2.05) is 0 Å². The minimum Gasteiger partial charge on any atom is -0.369 e. The second kappa shape index (κ2) is 5.27. The topological polar surface area (TPSA) is 85.1 Å². The number of primary amides is 1. The average molecular weight is 300 g/mol. The number of halogens is 1. The van der Waals surface area contributed by atoms with Crippen LogP contribution in [0.25, 0.3) is 0 Å². The van der Waals surface area contributed by atoms with Crippen molar-refractivity contribution >= 4 is 27.7 Å². The molecule has 0 aromatic carbocycles. The molecule has 0 aliphatic carbocycles. The lowest BCUT2D eigenvalue weighted by atomic mass is 9.93. The Kier molecular flexibility index (Phi) is 4.22. The van der Waals surface area contributed by atoms with Crippen molar-refractivity contribution in [3.63, 3.8) is 0 Å². The molecular formula is C11H14BrN3O2. The van der Waals surface area contributed by atoms with Crippen LogP contribution in [0.1, 0.15) is 24.3 Å². The van der Waals surface area contributed by atoms with Crippen molar-refractivity contribution in [2.75, 3.05) is 6.54 Å². The molecule has 0 radical (unpaired) electrons. The van der Waals surface area contributed by atoms with E-state index < -0.39 is 11.3 Å². The standard InChI is InChI=1S/C11H14BrN3O2/c1-11(2,10(13)17)6-15-9(16)8-7(12)4-3-5-14-8/h3-5H,6H2,1-2H3,(H2,13,17)(H,15,16). The van der Waals surface area contributed by atoms with Gasteiger partial charge < -0.3 is 11.1 Å². The minimum atomic E-state index is -0.781. The Hall–Kier alpha value is -1.43. The van der Waals surface area contributed by atoms with Crippen molar-refractivity contribution in [1.29, 1.82) is 0 Å². The quantitative estimate of drug-likeness (QED) is 0.872. The van der Waals surface area contributed by atoms with Gasteiger partial charge in [-0.1, -0.05) is 0 Å². The molecule has 0 aliphatic heterocycles. The zero-order valence-electron chi connectivity index (χ0n) is 9.66. The molecule has 1 aromatic rings. The molecule has 1 aromatic heterocycles. The van der Waals surface area contributed by atoms with Crippen molar-refractivity contribution in [2.45, 2.75) is 13.8 Å². The van der Waals surface area contributed by atoms with Crippen LogP contribution in [0, 0.1) is 5.41 Å². The van der Waals surface area contributed by atoms with Gasteiger partial charge >= 0.3 is 0 Å².